The van der Waals surface area contributed by atoms with Gasteiger partial charge in [0.05, 0.1) is 23.8 Å². The standard InChI is InChI=1S/C14H24N4O/c1-18(9-12-4-2-3-5-19-12)8-11-6-13-14(7-15-11)17-10-16-13/h10-12,15H,2-9H2,1H3,(H,16,17). The summed E-state index contributed by atoms with van der Waals surface area (Å²) in [4.78, 5) is 9.98. The minimum absolute atomic E-state index is 0.434. The molecule has 2 atom stereocenters. The minimum atomic E-state index is 0.434. The van der Waals surface area contributed by atoms with Crippen LogP contribution in [0.5, 0.6) is 0 Å². The fraction of sp³-hybridized carbons (Fsp3) is 0.786. The van der Waals surface area contributed by atoms with Crippen LogP contribution in [0.3, 0.4) is 0 Å². The third-order valence-electron chi connectivity index (χ3n) is 4.14. The van der Waals surface area contributed by atoms with Gasteiger partial charge in [-0.3, -0.25) is 0 Å². The Bertz CT molecular complexity index is 400. The molecule has 1 aromatic heterocycles. The molecule has 0 bridgehead atoms. The molecule has 2 N–H and O–H groups in total. The molecule has 0 radical (unpaired) electrons. The van der Waals surface area contributed by atoms with Gasteiger partial charge in [0, 0.05) is 38.7 Å². The summed E-state index contributed by atoms with van der Waals surface area (Å²) in [6, 6.07) is 0.504. The molecule has 2 aliphatic rings. The van der Waals surface area contributed by atoms with Crippen LogP contribution >= 0.6 is 0 Å². The van der Waals surface area contributed by atoms with Crippen molar-refractivity contribution in [3.63, 3.8) is 0 Å². The van der Waals surface area contributed by atoms with Crippen LogP contribution in [0.4, 0.5) is 0 Å². The number of aromatic amines is 1. The zero-order valence-corrected chi connectivity index (χ0v) is 11.7. The van der Waals surface area contributed by atoms with E-state index in [1.54, 1.807) is 6.33 Å². The Balaban J connectivity index is 1.46. The van der Waals surface area contributed by atoms with Crippen LogP contribution in [-0.4, -0.2) is 53.8 Å². The molecule has 0 spiro atoms. The Labute approximate surface area is 114 Å². The van der Waals surface area contributed by atoms with E-state index in [2.05, 4.69) is 27.2 Å². The van der Waals surface area contributed by atoms with Gasteiger partial charge < -0.3 is 19.9 Å². The van der Waals surface area contributed by atoms with Crippen LogP contribution in [0.2, 0.25) is 0 Å². The number of likely N-dealkylation sites (N-methyl/N-ethyl adjacent to an activating group) is 1. The van der Waals surface area contributed by atoms with Gasteiger partial charge in [-0.2, -0.15) is 0 Å². The highest BCUT2D eigenvalue weighted by Crippen LogP contribution is 2.15. The van der Waals surface area contributed by atoms with E-state index in [1.807, 2.05) is 0 Å². The summed E-state index contributed by atoms with van der Waals surface area (Å²) in [5.74, 6) is 0. The van der Waals surface area contributed by atoms with E-state index in [1.165, 1.54) is 30.7 Å². The van der Waals surface area contributed by atoms with Crippen molar-refractivity contribution >= 4 is 0 Å². The maximum atomic E-state index is 5.80. The molecule has 3 rings (SSSR count). The lowest BCUT2D eigenvalue weighted by Gasteiger charge is -2.31. The molecule has 0 amide bonds. The SMILES string of the molecule is CN(CC1Cc2nc[nH]c2CN1)CC1CCCCO1. The Morgan fingerprint density at radius 2 is 2.37 bits per heavy atom. The first-order valence-corrected chi connectivity index (χ1v) is 7.36. The first kappa shape index (κ1) is 13.1. The second-order valence-corrected chi connectivity index (χ2v) is 5.82. The molecular formula is C14H24N4O. The Kier molecular flexibility index (Phi) is 4.15. The predicted octanol–water partition coefficient (Wildman–Crippen LogP) is 0.925. The summed E-state index contributed by atoms with van der Waals surface area (Å²) in [7, 11) is 2.19. The van der Waals surface area contributed by atoms with Crippen molar-refractivity contribution in [1.82, 2.24) is 20.2 Å². The number of fused-ring (bicyclic) bond motifs is 1. The van der Waals surface area contributed by atoms with Crippen molar-refractivity contribution in [2.75, 3.05) is 26.7 Å². The molecule has 1 saturated heterocycles. The first-order valence-electron chi connectivity index (χ1n) is 7.36. The van der Waals surface area contributed by atoms with Crippen molar-refractivity contribution in [1.29, 1.82) is 0 Å². The maximum absolute atomic E-state index is 5.80. The number of nitrogens with zero attached hydrogens (tertiary/aromatic N) is 2. The smallest absolute Gasteiger partial charge is 0.0925 e. The van der Waals surface area contributed by atoms with Crippen molar-refractivity contribution in [3.05, 3.63) is 17.7 Å². The Morgan fingerprint density at radius 1 is 1.42 bits per heavy atom. The summed E-state index contributed by atoms with van der Waals surface area (Å²) in [6.45, 7) is 3.96. The maximum Gasteiger partial charge on any atom is 0.0925 e. The quantitative estimate of drug-likeness (QED) is 0.849. The summed E-state index contributed by atoms with van der Waals surface area (Å²) in [5.41, 5.74) is 2.47. The molecule has 1 aromatic rings. The topological polar surface area (TPSA) is 53.2 Å². The van der Waals surface area contributed by atoms with Crippen molar-refractivity contribution in [3.8, 4) is 0 Å². The van der Waals surface area contributed by atoms with Gasteiger partial charge in [0.1, 0.15) is 0 Å². The lowest BCUT2D eigenvalue weighted by Crippen LogP contribution is -2.45. The zero-order valence-electron chi connectivity index (χ0n) is 11.7. The number of imidazole rings is 1. The first-order chi connectivity index (χ1) is 9.31. The second-order valence-electron chi connectivity index (χ2n) is 5.82. The van der Waals surface area contributed by atoms with Crippen LogP contribution in [0.15, 0.2) is 6.33 Å². The molecule has 2 aliphatic heterocycles. The number of H-pyrrole nitrogens is 1. The molecule has 0 aromatic carbocycles. The van der Waals surface area contributed by atoms with Gasteiger partial charge in [0.25, 0.3) is 0 Å². The third-order valence-corrected chi connectivity index (χ3v) is 4.14. The highest BCUT2D eigenvalue weighted by atomic mass is 16.5. The lowest BCUT2D eigenvalue weighted by atomic mass is 10.0. The Morgan fingerprint density at radius 3 is 3.21 bits per heavy atom. The lowest BCUT2D eigenvalue weighted by molar-refractivity contribution is -0.00271. The third kappa shape index (κ3) is 3.35. The molecule has 0 saturated carbocycles. The summed E-state index contributed by atoms with van der Waals surface area (Å²) in [5, 5.41) is 3.58. The number of nitrogens with one attached hydrogen (secondary N) is 2. The van der Waals surface area contributed by atoms with Crippen LogP contribution in [-0.2, 0) is 17.7 Å². The number of hydrogen-bond acceptors (Lipinski definition) is 4. The highest BCUT2D eigenvalue weighted by molar-refractivity contribution is 5.15. The normalized spacial score (nSPS) is 27.5. The largest absolute Gasteiger partial charge is 0.377 e. The average Bonchev–Trinajstić information content (AvgIpc) is 2.87. The van der Waals surface area contributed by atoms with E-state index in [4.69, 9.17) is 4.74 Å². The van der Waals surface area contributed by atoms with Gasteiger partial charge in [-0.05, 0) is 26.3 Å². The van der Waals surface area contributed by atoms with Crippen LogP contribution in [0.1, 0.15) is 30.7 Å². The molecule has 1 fully saturated rings. The summed E-state index contributed by atoms with van der Waals surface area (Å²) in [6.07, 6.45) is 7.02. The summed E-state index contributed by atoms with van der Waals surface area (Å²) < 4.78 is 5.80. The van der Waals surface area contributed by atoms with Gasteiger partial charge in [-0.15, -0.1) is 0 Å². The van der Waals surface area contributed by atoms with Gasteiger partial charge >= 0.3 is 0 Å². The van der Waals surface area contributed by atoms with E-state index in [0.717, 1.165) is 32.7 Å². The monoisotopic (exact) mass is 264 g/mol. The van der Waals surface area contributed by atoms with Crippen molar-refractivity contribution < 1.29 is 4.74 Å². The van der Waals surface area contributed by atoms with Crippen LogP contribution < -0.4 is 5.32 Å². The van der Waals surface area contributed by atoms with E-state index in [0.29, 0.717) is 12.1 Å². The fourth-order valence-corrected chi connectivity index (χ4v) is 3.11. The molecule has 2 unspecified atom stereocenters. The number of hydrogen-bond donors (Lipinski definition) is 2. The molecule has 5 nitrogen and oxygen atoms in total. The average molecular weight is 264 g/mol. The number of aromatic nitrogens is 2. The summed E-state index contributed by atoms with van der Waals surface area (Å²) >= 11 is 0. The zero-order chi connectivity index (χ0) is 13.1. The highest BCUT2D eigenvalue weighted by Gasteiger charge is 2.22. The van der Waals surface area contributed by atoms with Gasteiger partial charge in [0.15, 0.2) is 0 Å². The van der Waals surface area contributed by atoms with E-state index in [9.17, 15) is 0 Å². The van der Waals surface area contributed by atoms with E-state index < -0.39 is 0 Å². The second kappa shape index (κ2) is 6.03. The fourth-order valence-electron chi connectivity index (χ4n) is 3.11. The van der Waals surface area contributed by atoms with Gasteiger partial charge in [0.2, 0.25) is 0 Å². The molecule has 106 valence electrons. The molecule has 19 heavy (non-hydrogen) atoms. The predicted molar refractivity (Wildman–Crippen MR) is 74.0 cm³/mol. The van der Waals surface area contributed by atoms with Gasteiger partial charge in [-0.25, -0.2) is 4.98 Å². The Hall–Kier alpha value is -0.910. The van der Waals surface area contributed by atoms with Gasteiger partial charge in [-0.1, -0.05) is 0 Å². The molecule has 3 heterocycles. The molecular weight excluding hydrogens is 240 g/mol. The van der Waals surface area contributed by atoms with Crippen LogP contribution in [0.25, 0.3) is 0 Å². The van der Waals surface area contributed by atoms with E-state index in [-0.39, 0.29) is 0 Å². The van der Waals surface area contributed by atoms with Crippen molar-refractivity contribution in [2.45, 2.75) is 44.4 Å². The number of rotatable bonds is 4. The minimum Gasteiger partial charge on any atom is -0.377 e. The number of ether oxygens (including phenoxy) is 1. The van der Waals surface area contributed by atoms with Crippen LogP contribution in [0, 0.1) is 0 Å². The van der Waals surface area contributed by atoms with E-state index >= 15 is 0 Å². The molecule has 0 aliphatic carbocycles. The van der Waals surface area contributed by atoms with Crippen molar-refractivity contribution in [2.24, 2.45) is 0 Å². The molecule has 5 heteroatoms.